The summed E-state index contributed by atoms with van der Waals surface area (Å²) in [5, 5.41) is 0. The minimum Gasteiger partial charge on any atom is -0.319 e. The zero-order valence-electron chi connectivity index (χ0n) is 11.5. The lowest BCUT2D eigenvalue weighted by molar-refractivity contribution is 0.621. The SMILES string of the molecule is Cc1ccc(C(C)n2c(CCl)nc3cc(F)c(Br)cc32)s1. The van der Waals surface area contributed by atoms with Gasteiger partial charge in [0.15, 0.2) is 0 Å². The Labute approximate surface area is 139 Å². The smallest absolute Gasteiger partial charge is 0.139 e. The Hall–Kier alpha value is -0.910. The highest BCUT2D eigenvalue weighted by molar-refractivity contribution is 9.10. The van der Waals surface area contributed by atoms with Crippen LogP contribution in [-0.4, -0.2) is 9.55 Å². The summed E-state index contributed by atoms with van der Waals surface area (Å²) in [6.45, 7) is 4.20. The van der Waals surface area contributed by atoms with Gasteiger partial charge in [-0.3, -0.25) is 0 Å². The summed E-state index contributed by atoms with van der Waals surface area (Å²) in [4.78, 5) is 6.96. The maximum atomic E-state index is 13.7. The van der Waals surface area contributed by atoms with Gasteiger partial charge in [0.05, 0.1) is 27.4 Å². The van der Waals surface area contributed by atoms with Gasteiger partial charge in [0.2, 0.25) is 0 Å². The highest BCUT2D eigenvalue weighted by atomic mass is 79.9. The number of thiophene rings is 1. The lowest BCUT2D eigenvalue weighted by Gasteiger charge is -2.15. The largest absolute Gasteiger partial charge is 0.319 e. The Balaban J connectivity index is 2.22. The summed E-state index contributed by atoms with van der Waals surface area (Å²) in [5.41, 5.74) is 1.52. The van der Waals surface area contributed by atoms with E-state index in [1.54, 1.807) is 17.4 Å². The number of halogens is 3. The first-order chi connectivity index (χ1) is 10.0. The number of hydrogen-bond donors (Lipinski definition) is 0. The number of aromatic nitrogens is 2. The molecule has 6 heteroatoms. The van der Waals surface area contributed by atoms with Crippen molar-refractivity contribution in [2.24, 2.45) is 0 Å². The fraction of sp³-hybridized carbons (Fsp3) is 0.267. The fourth-order valence-corrected chi connectivity index (χ4v) is 3.91. The molecule has 1 unspecified atom stereocenters. The van der Waals surface area contributed by atoms with Crippen molar-refractivity contribution in [2.75, 3.05) is 0 Å². The first-order valence-electron chi connectivity index (χ1n) is 6.49. The molecule has 0 spiro atoms. The Morgan fingerprint density at radius 3 is 2.81 bits per heavy atom. The molecule has 3 aromatic rings. The highest BCUT2D eigenvalue weighted by Gasteiger charge is 2.19. The van der Waals surface area contributed by atoms with Crippen LogP contribution in [0.15, 0.2) is 28.7 Å². The Kier molecular flexibility index (Phi) is 4.08. The summed E-state index contributed by atoms with van der Waals surface area (Å²) in [5.74, 6) is 0.735. The molecule has 0 saturated carbocycles. The molecule has 3 rings (SSSR count). The molecule has 0 radical (unpaired) electrons. The van der Waals surface area contributed by atoms with Gasteiger partial charge in [-0.05, 0) is 48.0 Å². The quantitative estimate of drug-likeness (QED) is 0.530. The first-order valence-corrected chi connectivity index (χ1v) is 8.64. The number of nitrogens with zero attached hydrogens (tertiary/aromatic N) is 2. The van der Waals surface area contributed by atoms with Crippen molar-refractivity contribution in [1.29, 1.82) is 0 Å². The Morgan fingerprint density at radius 2 is 2.19 bits per heavy atom. The van der Waals surface area contributed by atoms with E-state index in [-0.39, 0.29) is 11.9 Å². The summed E-state index contributed by atoms with van der Waals surface area (Å²) in [6.07, 6.45) is 0. The number of alkyl halides is 1. The minimum atomic E-state index is -0.312. The van der Waals surface area contributed by atoms with Gasteiger partial charge in [-0.2, -0.15) is 0 Å². The lowest BCUT2D eigenvalue weighted by Crippen LogP contribution is -2.08. The number of imidazole rings is 1. The van der Waals surface area contributed by atoms with Crippen LogP contribution in [0.25, 0.3) is 11.0 Å². The molecule has 21 heavy (non-hydrogen) atoms. The van der Waals surface area contributed by atoms with Crippen LogP contribution in [0.2, 0.25) is 0 Å². The van der Waals surface area contributed by atoms with Gasteiger partial charge in [-0.25, -0.2) is 9.37 Å². The second-order valence-electron chi connectivity index (χ2n) is 4.91. The molecule has 2 aromatic heterocycles. The standard InChI is InChI=1S/C15H13BrClFN2S/c1-8-3-4-14(21-8)9(2)20-13-5-10(16)11(18)6-12(13)19-15(20)7-17/h3-6,9H,7H2,1-2H3. The number of fused-ring (bicyclic) bond motifs is 1. The molecule has 1 atom stereocenters. The predicted molar refractivity (Wildman–Crippen MR) is 89.8 cm³/mol. The average molecular weight is 388 g/mol. The molecule has 0 saturated heterocycles. The van der Waals surface area contributed by atoms with Crippen molar-refractivity contribution in [3.63, 3.8) is 0 Å². The van der Waals surface area contributed by atoms with Crippen molar-refractivity contribution in [3.8, 4) is 0 Å². The van der Waals surface area contributed by atoms with E-state index < -0.39 is 0 Å². The van der Waals surface area contributed by atoms with E-state index in [2.05, 4.69) is 51.5 Å². The van der Waals surface area contributed by atoms with Gasteiger partial charge < -0.3 is 4.57 Å². The zero-order valence-corrected chi connectivity index (χ0v) is 14.7. The highest BCUT2D eigenvalue weighted by Crippen LogP contribution is 2.32. The van der Waals surface area contributed by atoms with Crippen LogP contribution in [0.5, 0.6) is 0 Å². The number of aryl methyl sites for hydroxylation is 1. The number of hydrogen-bond acceptors (Lipinski definition) is 2. The van der Waals surface area contributed by atoms with E-state index in [4.69, 9.17) is 11.6 Å². The van der Waals surface area contributed by atoms with Gasteiger partial charge in [-0.15, -0.1) is 22.9 Å². The van der Waals surface area contributed by atoms with Crippen LogP contribution in [0.1, 0.15) is 28.5 Å². The molecule has 1 aromatic carbocycles. The Morgan fingerprint density at radius 1 is 1.43 bits per heavy atom. The van der Waals surface area contributed by atoms with Crippen LogP contribution in [-0.2, 0) is 5.88 Å². The number of benzene rings is 1. The summed E-state index contributed by atoms with van der Waals surface area (Å²) in [6, 6.07) is 7.54. The molecule has 2 nitrogen and oxygen atoms in total. The topological polar surface area (TPSA) is 17.8 Å². The third-order valence-electron chi connectivity index (χ3n) is 3.48. The molecule has 0 bridgehead atoms. The summed E-state index contributed by atoms with van der Waals surface area (Å²) < 4.78 is 16.2. The van der Waals surface area contributed by atoms with Crippen molar-refractivity contribution in [2.45, 2.75) is 25.8 Å². The van der Waals surface area contributed by atoms with E-state index in [0.717, 1.165) is 11.3 Å². The van der Waals surface area contributed by atoms with Crippen molar-refractivity contribution >= 4 is 49.9 Å². The van der Waals surface area contributed by atoms with E-state index in [0.29, 0.717) is 15.9 Å². The predicted octanol–water partition coefficient (Wildman–Crippen LogP) is 5.66. The molecule has 0 fully saturated rings. The van der Waals surface area contributed by atoms with Crippen LogP contribution in [0, 0.1) is 12.7 Å². The Bertz CT molecular complexity index is 811. The molecular formula is C15H13BrClFN2S. The minimum absolute atomic E-state index is 0.111. The van der Waals surface area contributed by atoms with Gasteiger partial charge in [-0.1, -0.05) is 0 Å². The number of rotatable bonds is 3. The van der Waals surface area contributed by atoms with Gasteiger partial charge in [0.25, 0.3) is 0 Å². The van der Waals surface area contributed by atoms with Gasteiger partial charge in [0, 0.05) is 15.8 Å². The monoisotopic (exact) mass is 386 g/mol. The molecule has 2 heterocycles. The average Bonchev–Trinajstić information content (AvgIpc) is 3.02. The second-order valence-corrected chi connectivity index (χ2v) is 7.35. The first kappa shape index (κ1) is 15.0. The van der Waals surface area contributed by atoms with E-state index >= 15 is 0 Å². The van der Waals surface area contributed by atoms with Crippen molar-refractivity contribution in [3.05, 3.63) is 50.1 Å². The lowest BCUT2D eigenvalue weighted by atomic mass is 10.2. The normalized spacial score (nSPS) is 13.0. The molecule has 0 amide bonds. The molecular weight excluding hydrogens is 375 g/mol. The molecule has 0 aliphatic carbocycles. The summed E-state index contributed by atoms with van der Waals surface area (Å²) in [7, 11) is 0. The molecule has 0 aliphatic rings. The van der Waals surface area contributed by atoms with Crippen LogP contribution in [0.3, 0.4) is 0 Å². The maximum Gasteiger partial charge on any atom is 0.139 e. The van der Waals surface area contributed by atoms with Crippen LogP contribution < -0.4 is 0 Å². The maximum absolute atomic E-state index is 13.7. The summed E-state index contributed by atoms with van der Waals surface area (Å²) >= 11 is 11.0. The molecule has 0 aliphatic heterocycles. The third kappa shape index (κ3) is 2.62. The zero-order chi connectivity index (χ0) is 15.1. The van der Waals surface area contributed by atoms with Crippen LogP contribution in [0.4, 0.5) is 4.39 Å². The third-order valence-corrected chi connectivity index (χ3v) is 5.50. The second kappa shape index (κ2) is 5.71. The van der Waals surface area contributed by atoms with Gasteiger partial charge >= 0.3 is 0 Å². The van der Waals surface area contributed by atoms with Crippen molar-refractivity contribution < 1.29 is 4.39 Å². The van der Waals surface area contributed by atoms with Crippen molar-refractivity contribution in [1.82, 2.24) is 9.55 Å². The van der Waals surface area contributed by atoms with Gasteiger partial charge in [0.1, 0.15) is 11.6 Å². The van der Waals surface area contributed by atoms with Crippen LogP contribution >= 0.6 is 38.9 Å². The van der Waals surface area contributed by atoms with E-state index in [9.17, 15) is 4.39 Å². The molecule has 0 N–H and O–H groups in total. The fourth-order valence-electron chi connectivity index (χ4n) is 2.47. The molecule has 110 valence electrons. The van der Waals surface area contributed by atoms with E-state index in [1.807, 2.05) is 0 Å². The van der Waals surface area contributed by atoms with E-state index in [1.165, 1.54) is 15.8 Å².